The summed E-state index contributed by atoms with van der Waals surface area (Å²) >= 11 is 0. The van der Waals surface area contributed by atoms with E-state index in [1.165, 1.54) is 0 Å². The van der Waals surface area contributed by atoms with Crippen molar-refractivity contribution < 1.29 is 14.3 Å². The van der Waals surface area contributed by atoms with Crippen LogP contribution in [0.25, 0.3) is 0 Å². The predicted octanol–water partition coefficient (Wildman–Crippen LogP) is 3.59. The lowest BCUT2D eigenvalue weighted by Crippen LogP contribution is -2.50. The number of rotatable bonds is 4. The summed E-state index contributed by atoms with van der Waals surface area (Å²) in [5.41, 5.74) is 1.95. The Morgan fingerprint density at radius 1 is 1.14 bits per heavy atom. The van der Waals surface area contributed by atoms with Crippen molar-refractivity contribution in [1.29, 1.82) is 0 Å². The molecule has 0 radical (unpaired) electrons. The Balaban J connectivity index is 1.35. The van der Waals surface area contributed by atoms with Crippen LogP contribution in [-0.2, 0) is 4.74 Å². The van der Waals surface area contributed by atoms with Gasteiger partial charge < -0.3 is 29.7 Å². The average Bonchev–Trinajstić information content (AvgIpc) is 3.30. The van der Waals surface area contributed by atoms with E-state index in [0.29, 0.717) is 44.2 Å². The molecule has 0 unspecified atom stereocenters. The first kappa shape index (κ1) is 25.1. The summed E-state index contributed by atoms with van der Waals surface area (Å²) in [6.07, 6.45) is 3.50. The minimum atomic E-state index is -0.505. The second kappa shape index (κ2) is 10.1. The second-order valence-electron chi connectivity index (χ2n) is 10.8. The molecule has 10 nitrogen and oxygen atoms in total. The average molecular weight is 508 g/mol. The first-order valence-electron chi connectivity index (χ1n) is 13.3. The molecule has 3 aliphatic heterocycles. The van der Waals surface area contributed by atoms with Crippen molar-refractivity contribution in [2.45, 2.75) is 52.2 Å². The Morgan fingerprint density at radius 2 is 1.89 bits per heavy atom. The summed E-state index contributed by atoms with van der Waals surface area (Å²) in [4.78, 5) is 43.5. The highest BCUT2D eigenvalue weighted by atomic mass is 16.6. The van der Waals surface area contributed by atoms with Crippen molar-refractivity contribution in [2.24, 2.45) is 0 Å². The van der Waals surface area contributed by atoms with E-state index in [0.717, 1.165) is 43.1 Å². The second-order valence-corrected chi connectivity index (χ2v) is 10.8. The van der Waals surface area contributed by atoms with Crippen LogP contribution in [-0.4, -0.2) is 84.3 Å². The van der Waals surface area contributed by atoms with Gasteiger partial charge in [0.15, 0.2) is 0 Å². The highest BCUT2D eigenvalue weighted by Crippen LogP contribution is 2.35. The van der Waals surface area contributed by atoms with Crippen LogP contribution in [0.2, 0.25) is 0 Å². The van der Waals surface area contributed by atoms with Gasteiger partial charge in [0, 0.05) is 69.4 Å². The molecule has 2 saturated heterocycles. The molecule has 198 valence electrons. The van der Waals surface area contributed by atoms with Gasteiger partial charge >= 0.3 is 6.09 Å². The van der Waals surface area contributed by atoms with Crippen LogP contribution in [0.15, 0.2) is 30.5 Å². The van der Waals surface area contributed by atoms with E-state index < -0.39 is 5.60 Å². The molecule has 0 spiro atoms. The van der Waals surface area contributed by atoms with Crippen LogP contribution < -0.4 is 20.0 Å². The summed E-state index contributed by atoms with van der Waals surface area (Å²) in [7, 11) is 0. The zero-order valence-electron chi connectivity index (χ0n) is 22.2. The molecular formula is C27H37N7O3. The molecule has 2 amide bonds. The smallest absolute Gasteiger partial charge is 0.410 e. The third-order valence-electron chi connectivity index (χ3n) is 7.06. The number of nitrogens with one attached hydrogen (secondary N) is 1. The summed E-state index contributed by atoms with van der Waals surface area (Å²) in [5, 5.41) is 3.17. The molecule has 0 aliphatic carbocycles. The molecule has 1 aromatic carbocycles. The number of nitrogens with zero attached hydrogens (tertiary/aromatic N) is 6. The molecule has 0 bridgehead atoms. The number of piperazine rings is 1. The monoisotopic (exact) mass is 507 g/mol. The Bertz CT molecular complexity index is 1160. The van der Waals surface area contributed by atoms with Gasteiger partial charge in [0.2, 0.25) is 5.95 Å². The molecule has 1 N–H and O–H groups in total. The molecule has 10 heteroatoms. The number of carbonyl (C=O) groups excluding carboxylic acids is 2. The van der Waals surface area contributed by atoms with Gasteiger partial charge in [-0.3, -0.25) is 4.79 Å². The maximum atomic E-state index is 13.8. The van der Waals surface area contributed by atoms with Gasteiger partial charge in [-0.2, -0.15) is 4.98 Å². The van der Waals surface area contributed by atoms with E-state index in [1.54, 1.807) is 11.1 Å². The van der Waals surface area contributed by atoms with Crippen molar-refractivity contribution >= 4 is 35.1 Å². The number of fused-ring (bicyclic) bond motifs is 3. The van der Waals surface area contributed by atoms with Crippen LogP contribution >= 0.6 is 0 Å². The van der Waals surface area contributed by atoms with Crippen LogP contribution in [0.5, 0.6) is 0 Å². The molecule has 37 heavy (non-hydrogen) atoms. The third kappa shape index (κ3) is 5.28. The van der Waals surface area contributed by atoms with E-state index in [1.807, 2.05) is 44.7 Å². The van der Waals surface area contributed by atoms with E-state index >= 15 is 0 Å². The van der Waals surface area contributed by atoms with Crippen LogP contribution in [0.4, 0.5) is 27.9 Å². The summed E-state index contributed by atoms with van der Waals surface area (Å²) < 4.78 is 5.53. The largest absolute Gasteiger partial charge is 0.444 e. The highest BCUT2D eigenvalue weighted by molar-refractivity contribution is 6.10. The van der Waals surface area contributed by atoms with Gasteiger partial charge in [-0.05, 0) is 58.7 Å². The number of aromatic nitrogens is 2. The molecular weight excluding hydrogens is 470 g/mol. The first-order valence-corrected chi connectivity index (χ1v) is 13.3. The number of hydrogen-bond acceptors (Lipinski definition) is 8. The minimum absolute atomic E-state index is 0.0701. The summed E-state index contributed by atoms with van der Waals surface area (Å²) in [6.45, 7) is 12.5. The van der Waals surface area contributed by atoms with Crippen molar-refractivity contribution in [3.63, 3.8) is 0 Å². The fourth-order valence-electron chi connectivity index (χ4n) is 5.28. The van der Waals surface area contributed by atoms with Crippen molar-refractivity contribution in [3.05, 3.63) is 36.0 Å². The number of hydrogen-bond donors (Lipinski definition) is 1. The summed E-state index contributed by atoms with van der Waals surface area (Å²) in [6, 6.07) is 8.36. The quantitative estimate of drug-likeness (QED) is 0.671. The Hall–Kier alpha value is -3.56. The number of anilines is 4. The Morgan fingerprint density at radius 3 is 2.62 bits per heavy atom. The van der Waals surface area contributed by atoms with E-state index in [4.69, 9.17) is 9.72 Å². The maximum Gasteiger partial charge on any atom is 0.410 e. The van der Waals surface area contributed by atoms with Crippen LogP contribution in [0.1, 0.15) is 50.9 Å². The van der Waals surface area contributed by atoms with Gasteiger partial charge in [-0.25, -0.2) is 9.78 Å². The van der Waals surface area contributed by atoms with Crippen LogP contribution in [0, 0.1) is 0 Å². The van der Waals surface area contributed by atoms with Crippen molar-refractivity contribution in [2.75, 3.05) is 65.8 Å². The first-order chi connectivity index (χ1) is 17.7. The number of amides is 2. The SMILES string of the molecule is CCNc1ncc2c(n1)N1CCC[C@H]1CN(c1cccc(N3CCN(C(=O)OC(C)(C)C)CC3)c1)C2=O. The number of ether oxygens (including phenoxy) is 1. The number of benzene rings is 1. The zero-order valence-corrected chi connectivity index (χ0v) is 22.2. The predicted molar refractivity (Wildman–Crippen MR) is 145 cm³/mol. The molecule has 2 fully saturated rings. The lowest BCUT2D eigenvalue weighted by atomic mass is 10.1. The standard InChI is InChI=1S/C27H37N7O3/c1-5-28-25-29-17-22-23(30-25)33-11-7-10-21(33)18-34(24(22)35)20-9-6-8-19(16-20)31-12-14-32(15-13-31)26(36)37-27(2,3)4/h6,8-9,16-17,21H,5,7,10-15,18H2,1-4H3,(H,28,29,30)/t21-/m0/s1. The van der Waals surface area contributed by atoms with Gasteiger partial charge in [0.05, 0.1) is 0 Å². The molecule has 1 atom stereocenters. The van der Waals surface area contributed by atoms with Gasteiger partial charge in [-0.15, -0.1) is 0 Å². The minimum Gasteiger partial charge on any atom is -0.444 e. The number of carbonyl (C=O) groups is 2. The molecule has 2 aromatic rings. The molecule has 3 aliphatic rings. The van der Waals surface area contributed by atoms with Crippen molar-refractivity contribution in [3.8, 4) is 0 Å². The normalized spacial score (nSPS) is 19.9. The molecule has 0 saturated carbocycles. The fraction of sp³-hybridized carbons (Fsp3) is 0.556. The van der Waals surface area contributed by atoms with Gasteiger partial charge in [0.1, 0.15) is 17.0 Å². The van der Waals surface area contributed by atoms with Gasteiger partial charge in [0.25, 0.3) is 5.91 Å². The van der Waals surface area contributed by atoms with E-state index in [9.17, 15) is 9.59 Å². The van der Waals surface area contributed by atoms with E-state index in [2.05, 4.69) is 32.2 Å². The zero-order chi connectivity index (χ0) is 26.2. The lowest BCUT2D eigenvalue weighted by Gasteiger charge is -2.37. The lowest BCUT2D eigenvalue weighted by molar-refractivity contribution is 0.0240. The van der Waals surface area contributed by atoms with E-state index in [-0.39, 0.29) is 18.0 Å². The molecule has 1 aromatic heterocycles. The summed E-state index contributed by atoms with van der Waals surface area (Å²) in [5.74, 6) is 1.22. The van der Waals surface area contributed by atoms with Crippen molar-refractivity contribution in [1.82, 2.24) is 14.9 Å². The Kier molecular flexibility index (Phi) is 6.83. The highest BCUT2D eigenvalue weighted by Gasteiger charge is 2.37. The molecule has 5 rings (SSSR count). The fourth-order valence-corrected chi connectivity index (χ4v) is 5.28. The maximum absolute atomic E-state index is 13.8. The Labute approximate surface area is 218 Å². The molecule has 4 heterocycles. The topological polar surface area (TPSA) is 94.1 Å². The van der Waals surface area contributed by atoms with Gasteiger partial charge in [-0.1, -0.05) is 6.07 Å². The third-order valence-corrected chi connectivity index (χ3v) is 7.06. The van der Waals surface area contributed by atoms with Crippen LogP contribution in [0.3, 0.4) is 0 Å².